The van der Waals surface area contributed by atoms with Crippen LogP contribution in [0, 0.1) is 0 Å². The fourth-order valence-corrected chi connectivity index (χ4v) is 3.49. The van der Waals surface area contributed by atoms with Crippen molar-refractivity contribution < 1.29 is 14.6 Å². The summed E-state index contributed by atoms with van der Waals surface area (Å²) in [6.45, 7) is 6.00. The van der Waals surface area contributed by atoms with Crippen molar-refractivity contribution in [2.45, 2.75) is 51.2 Å². The maximum Gasteiger partial charge on any atom is 0.237 e. The molecular formula is C20H32N2O3. The molecule has 25 heavy (non-hydrogen) atoms. The van der Waals surface area contributed by atoms with Crippen LogP contribution in [0.2, 0.25) is 0 Å². The number of ether oxygens (including phenoxy) is 1. The van der Waals surface area contributed by atoms with Crippen molar-refractivity contribution in [3.8, 4) is 0 Å². The molecule has 1 aromatic carbocycles. The first kappa shape index (κ1) is 19.9. The van der Waals surface area contributed by atoms with Gasteiger partial charge in [0, 0.05) is 26.8 Å². The highest BCUT2D eigenvalue weighted by Gasteiger charge is 2.30. The largest absolute Gasteiger partial charge is 0.389 e. The molecule has 1 heterocycles. The molecule has 0 aromatic heterocycles. The molecule has 0 bridgehead atoms. The number of nitrogens with one attached hydrogen (secondary N) is 1. The standard InChI is InChI=1S/C20H32N2O3/c1-4-20(24,5-2)15-21-14-19(23)22-12-10-16-8-6-7-9-17(16)18(22)11-13-25-3/h6-9,18,21,24H,4-5,10-15H2,1-3H3. The minimum atomic E-state index is -0.732. The van der Waals surface area contributed by atoms with Gasteiger partial charge in [0.25, 0.3) is 0 Å². The third kappa shape index (κ3) is 5.03. The number of methoxy groups -OCH3 is 1. The van der Waals surface area contributed by atoms with Crippen LogP contribution >= 0.6 is 0 Å². The van der Waals surface area contributed by atoms with Crippen LogP contribution in [0.3, 0.4) is 0 Å². The van der Waals surface area contributed by atoms with Crippen molar-refractivity contribution in [2.24, 2.45) is 0 Å². The zero-order valence-electron chi connectivity index (χ0n) is 15.8. The Bertz CT molecular complexity index is 558. The Labute approximate surface area is 151 Å². The van der Waals surface area contributed by atoms with Crippen molar-refractivity contribution in [3.63, 3.8) is 0 Å². The summed E-state index contributed by atoms with van der Waals surface area (Å²) >= 11 is 0. The fraction of sp³-hybridized carbons (Fsp3) is 0.650. The molecule has 1 aliphatic heterocycles. The number of hydrogen-bond acceptors (Lipinski definition) is 4. The average Bonchev–Trinajstić information content (AvgIpc) is 2.65. The van der Waals surface area contributed by atoms with Gasteiger partial charge in [-0.1, -0.05) is 38.1 Å². The summed E-state index contributed by atoms with van der Waals surface area (Å²) in [5, 5.41) is 13.5. The van der Waals surface area contributed by atoms with E-state index in [2.05, 4.69) is 23.5 Å². The molecule has 1 unspecified atom stereocenters. The topological polar surface area (TPSA) is 61.8 Å². The van der Waals surface area contributed by atoms with E-state index < -0.39 is 5.60 Å². The lowest BCUT2D eigenvalue weighted by Gasteiger charge is -2.38. The zero-order valence-corrected chi connectivity index (χ0v) is 15.8. The van der Waals surface area contributed by atoms with E-state index in [9.17, 15) is 9.90 Å². The number of fused-ring (bicyclic) bond motifs is 1. The highest BCUT2D eigenvalue weighted by atomic mass is 16.5. The lowest BCUT2D eigenvalue weighted by Crippen LogP contribution is -2.47. The lowest BCUT2D eigenvalue weighted by molar-refractivity contribution is -0.133. The van der Waals surface area contributed by atoms with Crippen LogP contribution in [0.5, 0.6) is 0 Å². The van der Waals surface area contributed by atoms with Crippen LogP contribution in [0.4, 0.5) is 0 Å². The molecule has 1 aliphatic rings. The molecule has 1 aromatic rings. The summed E-state index contributed by atoms with van der Waals surface area (Å²) in [4.78, 5) is 14.7. The van der Waals surface area contributed by atoms with E-state index >= 15 is 0 Å². The molecule has 140 valence electrons. The molecule has 0 saturated heterocycles. The van der Waals surface area contributed by atoms with E-state index in [1.165, 1.54) is 11.1 Å². The van der Waals surface area contributed by atoms with E-state index in [1.807, 2.05) is 24.8 Å². The van der Waals surface area contributed by atoms with Crippen molar-refractivity contribution in [3.05, 3.63) is 35.4 Å². The van der Waals surface area contributed by atoms with E-state index in [1.54, 1.807) is 7.11 Å². The Hall–Kier alpha value is -1.43. The minimum absolute atomic E-state index is 0.0652. The van der Waals surface area contributed by atoms with Crippen molar-refractivity contribution in [1.82, 2.24) is 10.2 Å². The second-order valence-electron chi connectivity index (χ2n) is 6.87. The summed E-state index contributed by atoms with van der Waals surface area (Å²) in [6, 6.07) is 8.43. The summed E-state index contributed by atoms with van der Waals surface area (Å²) in [7, 11) is 1.69. The molecular weight excluding hydrogens is 316 g/mol. The number of benzene rings is 1. The molecule has 1 amide bonds. The van der Waals surface area contributed by atoms with E-state index in [-0.39, 0.29) is 18.5 Å². The molecule has 2 rings (SSSR count). The Morgan fingerprint density at radius 2 is 2.08 bits per heavy atom. The van der Waals surface area contributed by atoms with Crippen LogP contribution in [0.1, 0.15) is 50.3 Å². The van der Waals surface area contributed by atoms with Gasteiger partial charge in [-0.05, 0) is 36.8 Å². The molecule has 5 nitrogen and oxygen atoms in total. The molecule has 5 heteroatoms. The Morgan fingerprint density at radius 1 is 1.36 bits per heavy atom. The first-order chi connectivity index (χ1) is 12.0. The monoisotopic (exact) mass is 348 g/mol. The van der Waals surface area contributed by atoms with Crippen LogP contribution in [-0.4, -0.2) is 54.9 Å². The maximum atomic E-state index is 12.8. The van der Waals surface area contributed by atoms with Crippen LogP contribution in [-0.2, 0) is 16.0 Å². The predicted octanol–water partition coefficient (Wildman–Crippen LogP) is 2.29. The molecule has 0 radical (unpaired) electrons. The first-order valence-electron chi connectivity index (χ1n) is 9.34. The normalized spacial score (nSPS) is 17.4. The summed E-state index contributed by atoms with van der Waals surface area (Å²) in [5.41, 5.74) is 1.83. The van der Waals surface area contributed by atoms with Crippen LogP contribution < -0.4 is 5.32 Å². The number of aliphatic hydroxyl groups is 1. The molecule has 0 fully saturated rings. The third-order valence-electron chi connectivity index (χ3n) is 5.37. The predicted molar refractivity (Wildman–Crippen MR) is 99.5 cm³/mol. The zero-order chi connectivity index (χ0) is 18.3. The lowest BCUT2D eigenvalue weighted by atomic mass is 9.90. The van der Waals surface area contributed by atoms with Crippen molar-refractivity contribution in [2.75, 3.05) is 33.4 Å². The Kier molecular flexibility index (Phi) is 7.41. The van der Waals surface area contributed by atoms with Gasteiger partial charge in [0.15, 0.2) is 0 Å². The van der Waals surface area contributed by atoms with Gasteiger partial charge >= 0.3 is 0 Å². The Balaban J connectivity index is 2.02. The fourth-order valence-electron chi connectivity index (χ4n) is 3.49. The average molecular weight is 348 g/mol. The summed E-state index contributed by atoms with van der Waals surface area (Å²) < 4.78 is 5.26. The smallest absolute Gasteiger partial charge is 0.237 e. The van der Waals surface area contributed by atoms with Gasteiger partial charge in [-0.15, -0.1) is 0 Å². The molecule has 0 saturated carbocycles. The van der Waals surface area contributed by atoms with Gasteiger partial charge in [-0.25, -0.2) is 0 Å². The second-order valence-corrected chi connectivity index (χ2v) is 6.87. The van der Waals surface area contributed by atoms with Gasteiger partial charge in [-0.3, -0.25) is 4.79 Å². The highest BCUT2D eigenvalue weighted by molar-refractivity contribution is 5.79. The van der Waals surface area contributed by atoms with E-state index in [0.29, 0.717) is 26.0 Å². The van der Waals surface area contributed by atoms with Gasteiger partial charge in [0.05, 0.1) is 18.2 Å². The quantitative estimate of drug-likeness (QED) is 0.719. The number of carbonyl (C=O) groups excluding carboxylic acids is 1. The second kappa shape index (κ2) is 9.32. The molecule has 0 aliphatic carbocycles. The van der Waals surface area contributed by atoms with Crippen LogP contribution in [0.25, 0.3) is 0 Å². The van der Waals surface area contributed by atoms with Gasteiger partial charge in [0.1, 0.15) is 0 Å². The minimum Gasteiger partial charge on any atom is -0.389 e. The van der Waals surface area contributed by atoms with E-state index in [0.717, 1.165) is 19.4 Å². The summed E-state index contributed by atoms with van der Waals surface area (Å²) in [6.07, 6.45) is 3.04. The van der Waals surface area contributed by atoms with E-state index in [4.69, 9.17) is 4.74 Å². The van der Waals surface area contributed by atoms with Gasteiger partial charge < -0.3 is 20.1 Å². The van der Waals surface area contributed by atoms with Gasteiger partial charge in [-0.2, -0.15) is 0 Å². The number of nitrogens with zero attached hydrogens (tertiary/aromatic N) is 1. The van der Waals surface area contributed by atoms with Crippen molar-refractivity contribution >= 4 is 5.91 Å². The summed E-state index contributed by atoms with van der Waals surface area (Å²) in [5.74, 6) is 0.0881. The molecule has 2 N–H and O–H groups in total. The SMILES string of the molecule is CCC(O)(CC)CNCC(=O)N1CCc2ccccc2C1CCOC. The third-order valence-corrected chi connectivity index (χ3v) is 5.37. The maximum absolute atomic E-state index is 12.8. The number of rotatable bonds is 9. The van der Waals surface area contributed by atoms with Crippen LogP contribution in [0.15, 0.2) is 24.3 Å². The Morgan fingerprint density at radius 3 is 2.76 bits per heavy atom. The highest BCUT2D eigenvalue weighted by Crippen LogP contribution is 2.32. The first-order valence-corrected chi connectivity index (χ1v) is 9.34. The number of hydrogen-bond donors (Lipinski definition) is 2. The van der Waals surface area contributed by atoms with Gasteiger partial charge in [0.2, 0.25) is 5.91 Å². The number of amides is 1. The van der Waals surface area contributed by atoms with Crippen molar-refractivity contribution in [1.29, 1.82) is 0 Å². The number of carbonyl (C=O) groups is 1. The molecule has 0 spiro atoms. The molecule has 1 atom stereocenters.